The first-order valence-electron chi connectivity index (χ1n) is 16.4. The smallest absolute Gasteiger partial charge is 0.143 e. The van der Waals surface area contributed by atoms with Crippen LogP contribution in [0.4, 0.5) is 17.1 Å². The molecule has 0 fully saturated rings. The molecule has 7 heteroatoms. The predicted octanol–water partition coefficient (Wildman–Crippen LogP) is 10.5. The van der Waals surface area contributed by atoms with E-state index in [1.165, 1.54) is 21.8 Å². The molecule has 0 spiro atoms. The van der Waals surface area contributed by atoms with Crippen LogP contribution < -0.4 is 14.5 Å². The molecule has 1 aliphatic rings. The molecular weight excluding hydrogens is 798 g/mol. The summed E-state index contributed by atoms with van der Waals surface area (Å²) in [4.78, 5) is 9.30. The van der Waals surface area contributed by atoms with E-state index < -0.39 is 0 Å². The van der Waals surface area contributed by atoms with Crippen molar-refractivity contribution in [1.82, 2.24) is 13.8 Å². The van der Waals surface area contributed by atoms with Crippen LogP contribution in [0.15, 0.2) is 134 Å². The number of rotatable bonds is 3. The SMILES string of the molecule is CN1[CH-]N(c2[c-]c(Oc3[c-]c4c(cc3)c3cccc5c3n4c3ncccc3c3cccc4c6ccccc6n5c43)ccc2)c2ccccc21.[Pt]. The second-order valence-corrected chi connectivity index (χ2v) is 12.6. The molecule has 0 radical (unpaired) electrons. The van der Waals surface area contributed by atoms with Crippen molar-refractivity contribution in [3.63, 3.8) is 0 Å². The summed E-state index contributed by atoms with van der Waals surface area (Å²) in [7, 11) is 2.06. The molecule has 0 unspecified atom stereocenters. The summed E-state index contributed by atoms with van der Waals surface area (Å²) in [5, 5.41) is 6.90. The zero-order valence-electron chi connectivity index (χ0n) is 26.7. The number of fused-ring (bicyclic) bond motifs is 11. The van der Waals surface area contributed by atoms with E-state index >= 15 is 0 Å². The number of benzene rings is 6. The normalized spacial score (nSPS) is 13.0. The van der Waals surface area contributed by atoms with Crippen LogP contribution in [0.25, 0.3) is 65.5 Å². The minimum atomic E-state index is 0. The zero-order valence-corrected chi connectivity index (χ0v) is 29.0. The Morgan fingerprint density at radius 3 is 2.14 bits per heavy atom. The molecule has 50 heavy (non-hydrogen) atoms. The summed E-state index contributed by atoms with van der Waals surface area (Å²) < 4.78 is 11.2. The van der Waals surface area contributed by atoms with Crippen LogP contribution >= 0.6 is 0 Å². The van der Waals surface area contributed by atoms with Crippen LogP contribution in [0, 0.1) is 18.8 Å². The summed E-state index contributed by atoms with van der Waals surface area (Å²) >= 11 is 0. The van der Waals surface area contributed by atoms with E-state index in [4.69, 9.17) is 9.72 Å². The molecule has 6 aromatic carbocycles. The van der Waals surface area contributed by atoms with Crippen molar-refractivity contribution in [2.45, 2.75) is 0 Å². The van der Waals surface area contributed by atoms with E-state index in [9.17, 15) is 0 Å². The van der Waals surface area contributed by atoms with Crippen LogP contribution in [0.2, 0.25) is 0 Å². The molecule has 242 valence electrons. The van der Waals surface area contributed by atoms with Crippen molar-refractivity contribution in [1.29, 1.82) is 0 Å². The first-order valence-corrected chi connectivity index (χ1v) is 16.4. The molecule has 4 aromatic heterocycles. The Morgan fingerprint density at radius 2 is 1.24 bits per heavy atom. The Balaban J connectivity index is 0.00000316. The number of anilines is 3. The average Bonchev–Trinajstić information content (AvgIpc) is 3.78. The Morgan fingerprint density at radius 1 is 0.560 bits per heavy atom. The van der Waals surface area contributed by atoms with Crippen molar-refractivity contribution in [2.75, 3.05) is 16.8 Å². The molecule has 11 rings (SSSR count). The van der Waals surface area contributed by atoms with Crippen molar-refractivity contribution < 1.29 is 25.8 Å². The maximum atomic E-state index is 6.53. The van der Waals surface area contributed by atoms with E-state index in [1.54, 1.807) is 0 Å². The molecule has 0 saturated carbocycles. The van der Waals surface area contributed by atoms with E-state index in [-0.39, 0.29) is 21.1 Å². The number of aromatic nitrogens is 3. The van der Waals surface area contributed by atoms with Crippen LogP contribution in [0.1, 0.15) is 0 Å². The fourth-order valence-electron chi connectivity index (χ4n) is 7.89. The van der Waals surface area contributed by atoms with Gasteiger partial charge in [-0.15, -0.1) is 41.4 Å². The number of para-hydroxylation sites is 5. The molecule has 0 aliphatic carbocycles. The molecule has 0 bridgehead atoms. The largest absolute Gasteiger partial charge is 0.509 e. The number of hydrogen-bond donors (Lipinski definition) is 0. The molecule has 0 atom stereocenters. The Kier molecular flexibility index (Phi) is 6.30. The summed E-state index contributed by atoms with van der Waals surface area (Å²) in [6.45, 7) is 2.07. The van der Waals surface area contributed by atoms with Crippen molar-refractivity contribution in [3.05, 3.63) is 152 Å². The molecule has 6 nitrogen and oxygen atoms in total. The van der Waals surface area contributed by atoms with Gasteiger partial charge >= 0.3 is 0 Å². The van der Waals surface area contributed by atoms with Gasteiger partial charge in [0.1, 0.15) is 5.65 Å². The maximum absolute atomic E-state index is 6.53. The van der Waals surface area contributed by atoms with Crippen molar-refractivity contribution in [3.8, 4) is 11.5 Å². The fourth-order valence-corrected chi connectivity index (χ4v) is 7.89. The van der Waals surface area contributed by atoms with E-state index in [0.29, 0.717) is 11.5 Å². The van der Waals surface area contributed by atoms with Gasteiger partial charge in [-0.3, -0.25) is 0 Å². The van der Waals surface area contributed by atoms with Gasteiger partial charge in [-0.2, -0.15) is 18.8 Å². The standard InChI is InChI=1S/C43H26N5O.Pt/c1-45-26-46(38-19-5-4-18-37(38)45)27-10-6-11-28(24-27)49-29-21-22-31-33-15-8-20-39-42(33)48(40(31)25-29)43-35(16-9-23-44-43)34-14-7-13-32-30-12-2-3-17-36(30)47(39)41(32)34;/h2-23,26H,1H3;/q-3;. The molecule has 10 aromatic rings. The molecule has 0 amide bonds. The van der Waals surface area contributed by atoms with Gasteiger partial charge in [0.15, 0.2) is 0 Å². The number of ether oxygens (including phenoxy) is 1. The predicted molar refractivity (Wildman–Crippen MR) is 199 cm³/mol. The van der Waals surface area contributed by atoms with E-state index in [1.807, 2.05) is 36.5 Å². The second kappa shape index (κ2) is 10.8. The van der Waals surface area contributed by atoms with Gasteiger partial charge in [-0.1, -0.05) is 66.2 Å². The molecular formula is C43H26N5OPt-3. The van der Waals surface area contributed by atoms with Gasteiger partial charge in [0.2, 0.25) is 0 Å². The third-order valence-electron chi connectivity index (χ3n) is 9.92. The molecule has 0 saturated heterocycles. The molecule has 1 aliphatic heterocycles. The maximum Gasteiger partial charge on any atom is 0.143 e. The van der Waals surface area contributed by atoms with Crippen LogP contribution in [-0.2, 0) is 21.1 Å². The number of nitrogens with zero attached hydrogens (tertiary/aromatic N) is 5. The summed E-state index contributed by atoms with van der Waals surface area (Å²) in [6, 6.07) is 51.7. The van der Waals surface area contributed by atoms with Crippen LogP contribution in [0.5, 0.6) is 11.5 Å². The Labute approximate surface area is 301 Å². The summed E-state index contributed by atoms with van der Waals surface area (Å²) in [5.74, 6) is 1.23. The minimum Gasteiger partial charge on any atom is -0.509 e. The van der Waals surface area contributed by atoms with Gasteiger partial charge in [0.25, 0.3) is 0 Å². The number of hydrogen-bond acceptors (Lipinski definition) is 4. The molecule has 0 N–H and O–H groups in total. The topological polar surface area (TPSA) is 37.4 Å². The first kappa shape index (κ1) is 29.1. The van der Waals surface area contributed by atoms with E-state index in [0.717, 1.165) is 60.8 Å². The second-order valence-electron chi connectivity index (χ2n) is 12.6. The third-order valence-corrected chi connectivity index (χ3v) is 9.92. The fraction of sp³-hybridized carbons (Fsp3) is 0.0233. The van der Waals surface area contributed by atoms with Gasteiger partial charge in [-0.05, 0) is 48.8 Å². The molecule has 5 heterocycles. The minimum absolute atomic E-state index is 0. The van der Waals surface area contributed by atoms with Gasteiger partial charge in [-0.25, -0.2) is 4.98 Å². The van der Waals surface area contributed by atoms with Crippen LogP contribution in [-0.4, -0.2) is 20.8 Å². The van der Waals surface area contributed by atoms with Gasteiger partial charge < -0.3 is 23.3 Å². The van der Waals surface area contributed by atoms with Crippen LogP contribution in [0.3, 0.4) is 0 Å². The van der Waals surface area contributed by atoms with Crippen molar-refractivity contribution >= 4 is 82.6 Å². The Bertz CT molecular complexity index is 3000. The quantitative estimate of drug-likeness (QED) is 0.166. The number of pyridine rings is 1. The monoisotopic (exact) mass is 823 g/mol. The first-order chi connectivity index (χ1) is 24.2. The van der Waals surface area contributed by atoms with E-state index in [2.05, 4.69) is 142 Å². The summed E-state index contributed by atoms with van der Waals surface area (Å²) in [6.07, 6.45) is 1.88. The zero-order chi connectivity index (χ0) is 32.2. The average molecular weight is 824 g/mol. The third kappa shape index (κ3) is 3.97. The summed E-state index contributed by atoms with van der Waals surface area (Å²) in [5.41, 5.74) is 9.48. The Hall–Kier alpha value is -5.84. The van der Waals surface area contributed by atoms with Crippen molar-refractivity contribution in [2.24, 2.45) is 0 Å². The van der Waals surface area contributed by atoms with Gasteiger partial charge in [0.05, 0.1) is 22.1 Å². The van der Waals surface area contributed by atoms with Gasteiger partial charge in [0, 0.05) is 71.7 Å².